The van der Waals surface area contributed by atoms with Crippen LogP contribution < -0.4 is 5.73 Å². The Morgan fingerprint density at radius 2 is 1.71 bits per heavy atom. The van der Waals surface area contributed by atoms with Gasteiger partial charge in [-0.1, -0.05) is 0 Å². The van der Waals surface area contributed by atoms with Gasteiger partial charge in [0, 0.05) is 32.8 Å². The van der Waals surface area contributed by atoms with Gasteiger partial charge in [-0.3, -0.25) is 0 Å². The average molecular weight is 361 g/mol. The summed E-state index contributed by atoms with van der Waals surface area (Å²) in [5, 5.41) is -0.749. The molecule has 0 aromatic carbocycles. The monoisotopic (exact) mass is 359 g/mol. The molecule has 5 nitrogen and oxygen atoms in total. The number of hydrogen-bond donors (Lipinski definition) is 1. The summed E-state index contributed by atoms with van der Waals surface area (Å²) in [5.41, 5.74) is 5.71. The van der Waals surface area contributed by atoms with Crippen molar-refractivity contribution < 1.29 is 18.9 Å². The van der Waals surface area contributed by atoms with E-state index in [1.165, 1.54) is 21.3 Å². The van der Waals surface area contributed by atoms with Gasteiger partial charge in [0.15, 0.2) is 4.87 Å². The molecule has 3 rings (SSSR count). The number of ether oxygens (including phenoxy) is 4. The molecule has 3 aliphatic rings. The normalized spacial score (nSPS) is 57.7. The molecule has 2 bridgehead atoms. The smallest absolute Gasteiger partial charge is 0.214 e. The standard InChI is InChI=1S/C13H20Cl3NO4/c1-9(17)6-21-12(18-2)8(14)10(15)5-7(9)11(12,16)13(10,19-3)20-4/h7-8H,5-6,17H2,1-4H3/t7-,8-,9+,10-,11+,12-/m1/s1. The Bertz CT molecular complexity index is 474. The highest BCUT2D eigenvalue weighted by atomic mass is 35.5. The molecule has 0 unspecified atom stereocenters. The minimum absolute atomic E-state index is 0.243. The van der Waals surface area contributed by atoms with Gasteiger partial charge in [-0.2, -0.15) is 0 Å². The maximum atomic E-state index is 7.06. The quantitative estimate of drug-likeness (QED) is 0.612. The molecule has 0 radical (unpaired) electrons. The van der Waals surface area contributed by atoms with Crippen LogP contribution in [0.2, 0.25) is 0 Å². The third kappa shape index (κ3) is 1.36. The lowest BCUT2D eigenvalue weighted by atomic mass is 9.69. The van der Waals surface area contributed by atoms with Crippen LogP contribution in [-0.4, -0.2) is 60.2 Å². The van der Waals surface area contributed by atoms with Crippen LogP contribution >= 0.6 is 34.8 Å². The molecule has 0 aromatic rings. The van der Waals surface area contributed by atoms with Crippen LogP contribution in [0.5, 0.6) is 0 Å². The summed E-state index contributed by atoms with van der Waals surface area (Å²) in [6, 6.07) is 0. The lowest BCUT2D eigenvalue weighted by molar-refractivity contribution is -0.317. The SMILES string of the molecule is COC1(OC)[C@@]2(Cl)C[C@@H]3[C@@](C)(N)CO[C@](OC)([C@@H]2Cl)[C@@]31Cl. The third-order valence-corrected chi connectivity index (χ3v) is 7.69. The summed E-state index contributed by atoms with van der Waals surface area (Å²) in [7, 11) is 4.47. The van der Waals surface area contributed by atoms with Crippen molar-refractivity contribution in [1.82, 2.24) is 0 Å². The predicted octanol–water partition coefficient (Wildman–Crippen LogP) is 1.66. The highest BCUT2D eigenvalue weighted by Crippen LogP contribution is 2.76. The topological polar surface area (TPSA) is 62.9 Å². The van der Waals surface area contributed by atoms with E-state index in [0.717, 1.165) is 0 Å². The van der Waals surface area contributed by atoms with Crippen molar-refractivity contribution >= 4 is 34.8 Å². The van der Waals surface area contributed by atoms with Gasteiger partial charge in [-0.25, -0.2) is 0 Å². The third-order valence-electron chi connectivity index (χ3n) is 5.52. The van der Waals surface area contributed by atoms with Gasteiger partial charge in [0.05, 0.1) is 6.61 Å². The fourth-order valence-electron chi connectivity index (χ4n) is 4.59. The van der Waals surface area contributed by atoms with Crippen LogP contribution in [0.1, 0.15) is 13.3 Å². The van der Waals surface area contributed by atoms with E-state index in [1.807, 2.05) is 6.92 Å². The van der Waals surface area contributed by atoms with Crippen molar-refractivity contribution in [3.05, 3.63) is 0 Å². The van der Waals surface area contributed by atoms with Gasteiger partial charge in [-0.15, -0.1) is 34.8 Å². The molecule has 3 fully saturated rings. The van der Waals surface area contributed by atoms with Crippen molar-refractivity contribution in [2.75, 3.05) is 27.9 Å². The van der Waals surface area contributed by atoms with Crippen LogP contribution in [0, 0.1) is 5.92 Å². The van der Waals surface area contributed by atoms with Crippen LogP contribution in [0.15, 0.2) is 0 Å². The lowest BCUT2D eigenvalue weighted by Gasteiger charge is -2.57. The number of halogens is 3. The Kier molecular flexibility index (Phi) is 3.46. The first kappa shape index (κ1) is 16.5. The zero-order chi connectivity index (χ0) is 15.9. The number of nitrogens with two attached hydrogens (primary N) is 1. The predicted molar refractivity (Wildman–Crippen MR) is 79.9 cm³/mol. The van der Waals surface area contributed by atoms with Crippen molar-refractivity contribution in [3.63, 3.8) is 0 Å². The summed E-state index contributed by atoms with van der Waals surface area (Å²) in [6.45, 7) is 2.14. The van der Waals surface area contributed by atoms with Crippen LogP contribution in [-0.2, 0) is 18.9 Å². The fraction of sp³-hybridized carbons (Fsp3) is 1.00. The molecule has 2 N–H and O–H groups in total. The van der Waals surface area contributed by atoms with Crippen LogP contribution in [0.4, 0.5) is 0 Å². The van der Waals surface area contributed by atoms with E-state index in [4.69, 9.17) is 59.5 Å². The van der Waals surface area contributed by atoms with Crippen molar-refractivity contribution in [2.45, 2.75) is 45.6 Å². The van der Waals surface area contributed by atoms with Crippen molar-refractivity contribution in [3.8, 4) is 0 Å². The minimum Gasteiger partial charge on any atom is -0.350 e. The van der Waals surface area contributed by atoms with E-state index in [0.29, 0.717) is 6.42 Å². The molecule has 1 saturated heterocycles. The molecular formula is C13H20Cl3NO4. The summed E-state index contributed by atoms with van der Waals surface area (Å²) < 4.78 is 23.0. The molecule has 122 valence electrons. The van der Waals surface area contributed by atoms with Crippen LogP contribution in [0.25, 0.3) is 0 Å². The maximum absolute atomic E-state index is 7.06. The molecule has 1 aliphatic heterocycles. The minimum atomic E-state index is -1.36. The molecule has 0 spiro atoms. The molecule has 8 heteroatoms. The average Bonchev–Trinajstić information content (AvgIpc) is 2.73. The summed E-state index contributed by atoms with van der Waals surface area (Å²) >= 11 is 20.6. The number of rotatable bonds is 3. The Morgan fingerprint density at radius 1 is 1.14 bits per heavy atom. The van der Waals surface area contributed by atoms with Crippen LogP contribution in [0.3, 0.4) is 0 Å². The number of hydrogen-bond acceptors (Lipinski definition) is 5. The number of methoxy groups -OCH3 is 3. The highest BCUT2D eigenvalue weighted by Gasteiger charge is 2.94. The molecule has 2 aliphatic carbocycles. The fourth-order valence-corrected chi connectivity index (χ4v) is 6.74. The Balaban J connectivity index is 2.31. The largest absolute Gasteiger partial charge is 0.350 e. The maximum Gasteiger partial charge on any atom is 0.214 e. The second-order valence-corrected chi connectivity index (χ2v) is 8.09. The molecule has 0 aromatic heterocycles. The van der Waals surface area contributed by atoms with E-state index >= 15 is 0 Å². The van der Waals surface area contributed by atoms with E-state index in [1.54, 1.807) is 0 Å². The first-order chi connectivity index (χ1) is 9.63. The molecule has 0 amide bonds. The van der Waals surface area contributed by atoms with Gasteiger partial charge in [0.25, 0.3) is 0 Å². The van der Waals surface area contributed by atoms with Crippen molar-refractivity contribution in [1.29, 1.82) is 0 Å². The zero-order valence-electron chi connectivity index (χ0n) is 12.4. The van der Waals surface area contributed by atoms with E-state index in [9.17, 15) is 0 Å². The van der Waals surface area contributed by atoms with Gasteiger partial charge in [0.1, 0.15) is 10.3 Å². The second-order valence-electron chi connectivity index (χ2n) is 6.38. The number of alkyl halides is 3. The van der Waals surface area contributed by atoms with Gasteiger partial charge in [-0.05, 0) is 13.3 Å². The summed E-state index contributed by atoms with van der Waals surface area (Å²) in [6.07, 6.45) is 0.454. The van der Waals surface area contributed by atoms with Gasteiger partial charge in [0.2, 0.25) is 11.6 Å². The lowest BCUT2D eigenvalue weighted by Crippen LogP contribution is -2.75. The van der Waals surface area contributed by atoms with Crippen molar-refractivity contribution in [2.24, 2.45) is 11.7 Å². The Morgan fingerprint density at radius 3 is 2.14 bits per heavy atom. The first-order valence-electron chi connectivity index (χ1n) is 6.73. The van der Waals surface area contributed by atoms with Gasteiger partial charge < -0.3 is 24.7 Å². The van der Waals surface area contributed by atoms with E-state index in [2.05, 4.69) is 0 Å². The molecular weight excluding hydrogens is 341 g/mol. The Labute approximate surface area is 139 Å². The summed E-state index contributed by atoms with van der Waals surface area (Å²) in [5.74, 6) is -2.93. The number of fused-ring (bicyclic) bond motifs is 1. The second kappa shape index (κ2) is 4.39. The highest BCUT2D eigenvalue weighted by molar-refractivity contribution is 6.39. The van der Waals surface area contributed by atoms with E-state index in [-0.39, 0.29) is 12.5 Å². The first-order valence-corrected chi connectivity index (χ1v) is 7.93. The summed E-state index contributed by atoms with van der Waals surface area (Å²) in [4.78, 5) is -2.37. The Hall–Kier alpha value is 0.670. The zero-order valence-corrected chi connectivity index (χ0v) is 14.7. The molecule has 6 atom stereocenters. The molecule has 21 heavy (non-hydrogen) atoms. The molecule has 1 heterocycles. The van der Waals surface area contributed by atoms with Gasteiger partial charge >= 0.3 is 0 Å². The van der Waals surface area contributed by atoms with E-state index < -0.39 is 32.2 Å². The molecule has 2 saturated carbocycles.